The van der Waals surface area contributed by atoms with E-state index in [1.165, 1.54) is 11.9 Å². The summed E-state index contributed by atoms with van der Waals surface area (Å²) < 4.78 is 0. The highest BCUT2D eigenvalue weighted by atomic mass is 16.3. The first-order chi connectivity index (χ1) is 9.87. The molecule has 7 heteroatoms. The Morgan fingerprint density at radius 1 is 1.38 bits per heavy atom. The van der Waals surface area contributed by atoms with Crippen molar-refractivity contribution in [1.82, 2.24) is 15.1 Å². The van der Waals surface area contributed by atoms with Crippen LogP contribution in [0.1, 0.15) is 32.6 Å². The number of amides is 4. The summed E-state index contributed by atoms with van der Waals surface area (Å²) in [5.41, 5.74) is -0.610. The molecule has 7 nitrogen and oxygen atoms in total. The molecule has 2 N–H and O–H groups in total. The van der Waals surface area contributed by atoms with Gasteiger partial charge in [0.05, 0.1) is 12.1 Å². The molecule has 0 radical (unpaired) electrons. The van der Waals surface area contributed by atoms with Crippen LogP contribution in [0.5, 0.6) is 0 Å². The Hall–Kier alpha value is -1.63. The van der Waals surface area contributed by atoms with E-state index in [4.69, 9.17) is 0 Å². The fraction of sp³-hybridized carbons (Fsp3) is 0.786. The van der Waals surface area contributed by atoms with E-state index in [2.05, 4.69) is 12.2 Å². The van der Waals surface area contributed by atoms with Crippen molar-refractivity contribution in [2.24, 2.45) is 5.92 Å². The quantitative estimate of drug-likeness (QED) is 0.711. The number of likely N-dealkylation sites (N-methyl/N-ethyl adjacent to an activating group) is 1. The van der Waals surface area contributed by atoms with E-state index in [1.54, 1.807) is 0 Å². The minimum Gasteiger partial charge on any atom is -0.394 e. The molecule has 0 spiro atoms. The van der Waals surface area contributed by atoms with Crippen LogP contribution in [0.2, 0.25) is 0 Å². The maximum absolute atomic E-state index is 12.1. The second-order valence-corrected chi connectivity index (χ2v) is 6.29. The SMILES string of the molecule is CC1CCC(CO)(NC(=O)CN2C(=O)CN(C)C2=O)CC1. The molecule has 0 aromatic carbocycles. The van der Waals surface area contributed by atoms with Gasteiger partial charge in [0.2, 0.25) is 5.91 Å². The van der Waals surface area contributed by atoms with Gasteiger partial charge < -0.3 is 15.3 Å². The van der Waals surface area contributed by atoms with Crippen molar-refractivity contribution in [1.29, 1.82) is 0 Å². The summed E-state index contributed by atoms with van der Waals surface area (Å²) in [7, 11) is 1.52. The number of imide groups is 1. The van der Waals surface area contributed by atoms with Crippen LogP contribution in [0.3, 0.4) is 0 Å². The number of hydrogen-bond acceptors (Lipinski definition) is 4. The van der Waals surface area contributed by atoms with E-state index in [-0.39, 0.29) is 25.6 Å². The molecule has 1 saturated heterocycles. The van der Waals surface area contributed by atoms with Crippen LogP contribution in [0, 0.1) is 5.92 Å². The van der Waals surface area contributed by atoms with Gasteiger partial charge in [0, 0.05) is 7.05 Å². The van der Waals surface area contributed by atoms with E-state index < -0.39 is 17.5 Å². The lowest BCUT2D eigenvalue weighted by atomic mass is 9.77. The number of urea groups is 1. The molecule has 2 fully saturated rings. The van der Waals surface area contributed by atoms with E-state index in [1.807, 2.05) is 0 Å². The van der Waals surface area contributed by atoms with Crippen LogP contribution in [-0.2, 0) is 9.59 Å². The number of nitrogens with zero attached hydrogens (tertiary/aromatic N) is 2. The molecule has 1 aliphatic heterocycles. The highest BCUT2D eigenvalue weighted by Gasteiger charge is 2.38. The summed E-state index contributed by atoms with van der Waals surface area (Å²) in [6, 6.07) is -0.453. The van der Waals surface area contributed by atoms with Gasteiger partial charge in [0.15, 0.2) is 0 Å². The zero-order valence-electron chi connectivity index (χ0n) is 12.6. The minimum absolute atomic E-state index is 0.00870. The topological polar surface area (TPSA) is 89.9 Å². The van der Waals surface area contributed by atoms with Gasteiger partial charge in [-0.25, -0.2) is 4.79 Å². The summed E-state index contributed by atoms with van der Waals surface area (Å²) in [4.78, 5) is 37.7. The molecule has 1 saturated carbocycles. The van der Waals surface area contributed by atoms with Crippen molar-refractivity contribution in [3.63, 3.8) is 0 Å². The summed E-state index contributed by atoms with van der Waals surface area (Å²) in [5.74, 6) is -0.166. The monoisotopic (exact) mass is 297 g/mol. The predicted molar refractivity (Wildman–Crippen MR) is 75.3 cm³/mol. The predicted octanol–water partition coefficient (Wildman–Crippen LogP) is -0.0622. The number of hydrogen-bond donors (Lipinski definition) is 2. The second-order valence-electron chi connectivity index (χ2n) is 6.29. The highest BCUT2D eigenvalue weighted by Crippen LogP contribution is 2.31. The van der Waals surface area contributed by atoms with Crippen LogP contribution < -0.4 is 5.32 Å². The third-order valence-corrected chi connectivity index (χ3v) is 4.47. The molecule has 21 heavy (non-hydrogen) atoms. The molecule has 0 aromatic heterocycles. The maximum Gasteiger partial charge on any atom is 0.327 e. The Kier molecular flexibility index (Phi) is 4.51. The van der Waals surface area contributed by atoms with Crippen molar-refractivity contribution in [3.8, 4) is 0 Å². The normalized spacial score (nSPS) is 30.0. The van der Waals surface area contributed by atoms with Gasteiger partial charge in [0.25, 0.3) is 5.91 Å². The summed E-state index contributed by atoms with van der Waals surface area (Å²) in [5, 5.41) is 12.4. The standard InChI is InChI=1S/C14H23N3O4/c1-10-3-5-14(9-18,6-4-10)15-11(19)7-17-12(20)8-16(2)13(17)21/h10,18H,3-9H2,1-2H3,(H,15,19). The van der Waals surface area contributed by atoms with Gasteiger partial charge >= 0.3 is 6.03 Å². The first-order valence-corrected chi connectivity index (χ1v) is 7.34. The molecule has 4 amide bonds. The lowest BCUT2D eigenvalue weighted by Crippen LogP contribution is -2.55. The first kappa shape index (κ1) is 15.8. The van der Waals surface area contributed by atoms with Gasteiger partial charge in [-0.1, -0.05) is 6.92 Å². The van der Waals surface area contributed by atoms with Crippen LogP contribution in [-0.4, -0.2) is 65.0 Å². The zero-order chi connectivity index (χ0) is 15.6. The van der Waals surface area contributed by atoms with E-state index in [9.17, 15) is 19.5 Å². The Morgan fingerprint density at radius 2 is 2.00 bits per heavy atom. The van der Waals surface area contributed by atoms with Gasteiger partial charge in [0.1, 0.15) is 13.1 Å². The lowest BCUT2D eigenvalue weighted by molar-refractivity contribution is -0.132. The number of aliphatic hydroxyl groups is 1. The molecule has 1 aliphatic carbocycles. The average Bonchev–Trinajstić information content (AvgIpc) is 2.68. The van der Waals surface area contributed by atoms with Gasteiger partial charge in [-0.05, 0) is 31.6 Å². The van der Waals surface area contributed by atoms with E-state index in [0.29, 0.717) is 5.92 Å². The van der Waals surface area contributed by atoms with Crippen LogP contribution in [0.4, 0.5) is 4.79 Å². The third kappa shape index (κ3) is 3.34. The van der Waals surface area contributed by atoms with Crippen molar-refractivity contribution in [2.75, 3.05) is 26.7 Å². The zero-order valence-corrected chi connectivity index (χ0v) is 12.6. The van der Waals surface area contributed by atoms with E-state index in [0.717, 1.165) is 30.6 Å². The molecule has 0 unspecified atom stereocenters. The molecule has 2 rings (SSSR count). The van der Waals surface area contributed by atoms with Crippen molar-refractivity contribution in [2.45, 2.75) is 38.1 Å². The fourth-order valence-electron chi connectivity index (χ4n) is 2.94. The van der Waals surface area contributed by atoms with Crippen LogP contribution in [0.15, 0.2) is 0 Å². The number of aliphatic hydroxyl groups excluding tert-OH is 1. The summed E-state index contributed by atoms with van der Waals surface area (Å²) in [6.07, 6.45) is 3.34. The molecule has 0 bridgehead atoms. The number of rotatable bonds is 4. The Bertz CT molecular complexity index is 444. The van der Waals surface area contributed by atoms with Crippen molar-refractivity contribution in [3.05, 3.63) is 0 Å². The van der Waals surface area contributed by atoms with Gasteiger partial charge in [-0.2, -0.15) is 0 Å². The third-order valence-electron chi connectivity index (χ3n) is 4.47. The van der Waals surface area contributed by atoms with Gasteiger partial charge in [-0.3, -0.25) is 14.5 Å². The average molecular weight is 297 g/mol. The summed E-state index contributed by atoms with van der Waals surface area (Å²) in [6.45, 7) is 1.77. The molecule has 1 heterocycles. The largest absolute Gasteiger partial charge is 0.394 e. The van der Waals surface area contributed by atoms with Gasteiger partial charge in [-0.15, -0.1) is 0 Å². The molecule has 118 valence electrons. The van der Waals surface area contributed by atoms with Crippen molar-refractivity contribution < 1.29 is 19.5 Å². The molecule has 0 aromatic rings. The Labute approximate surface area is 124 Å². The molecular weight excluding hydrogens is 274 g/mol. The number of carbonyl (C=O) groups is 3. The molecule has 0 atom stereocenters. The summed E-state index contributed by atoms with van der Waals surface area (Å²) >= 11 is 0. The van der Waals surface area contributed by atoms with Crippen molar-refractivity contribution >= 4 is 17.8 Å². The fourth-order valence-corrected chi connectivity index (χ4v) is 2.94. The minimum atomic E-state index is -0.610. The number of nitrogens with one attached hydrogen (secondary N) is 1. The number of carbonyl (C=O) groups excluding carboxylic acids is 3. The van der Waals surface area contributed by atoms with Crippen LogP contribution in [0.25, 0.3) is 0 Å². The lowest BCUT2D eigenvalue weighted by Gasteiger charge is -2.39. The van der Waals surface area contributed by atoms with Crippen LogP contribution >= 0.6 is 0 Å². The second kappa shape index (κ2) is 6.01. The first-order valence-electron chi connectivity index (χ1n) is 7.34. The molecular formula is C14H23N3O4. The smallest absolute Gasteiger partial charge is 0.327 e. The Balaban J connectivity index is 1.94. The molecule has 2 aliphatic rings. The Morgan fingerprint density at radius 3 is 2.48 bits per heavy atom. The maximum atomic E-state index is 12.1. The van der Waals surface area contributed by atoms with E-state index >= 15 is 0 Å². The highest BCUT2D eigenvalue weighted by molar-refractivity contribution is 6.04.